The zero-order valence-corrected chi connectivity index (χ0v) is 12.9. The first-order valence-electron chi connectivity index (χ1n) is 6.02. The van der Waals surface area contributed by atoms with Crippen molar-refractivity contribution in [2.75, 3.05) is 0 Å². The Morgan fingerprint density at radius 3 is 2.06 bits per heavy atom. The first-order chi connectivity index (χ1) is 7.57. The van der Waals surface area contributed by atoms with Crippen LogP contribution in [0.25, 0.3) is 0 Å². The third-order valence-electron chi connectivity index (χ3n) is 2.68. The van der Waals surface area contributed by atoms with Gasteiger partial charge in [0.1, 0.15) is 0 Å². The molecule has 5 heteroatoms. The molecular formula is C12H23NaO4. The van der Waals surface area contributed by atoms with E-state index in [9.17, 15) is 9.59 Å². The number of unbranched alkanes of at least 4 members (excludes halogenated alkanes) is 5. The van der Waals surface area contributed by atoms with Crippen LogP contribution in [-0.2, 0) is 9.59 Å². The van der Waals surface area contributed by atoms with Crippen molar-refractivity contribution in [2.24, 2.45) is 5.92 Å². The van der Waals surface area contributed by atoms with Gasteiger partial charge < -0.3 is 11.6 Å². The fourth-order valence-electron chi connectivity index (χ4n) is 1.69. The van der Waals surface area contributed by atoms with Crippen LogP contribution in [0.15, 0.2) is 0 Å². The van der Waals surface area contributed by atoms with Crippen LogP contribution in [0.5, 0.6) is 0 Å². The molecule has 0 heterocycles. The van der Waals surface area contributed by atoms with E-state index in [1.54, 1.807) is 0 Å². The molecule has 0 saturated carbocycles. The van der Waals surface area contributed by atoms with Gasteiger partial charge in [-0.3, -0.25) is 9.59 Å². The predicted molar refractivity (Wildman–Crippen MR) is 62.5 cm³/mol. The van der Waals surface area contributed by atoms with Crippen LogP contribution in [0.3, 0.4) is 0 Å². The van der Waals surface area contributed by atoms with Crippen molar-refractivity contribution in [3.63, 3.8) is 0 Å². The van der Waals surface area contributed by atoms with Crippen molar-refractivity contribution in [3.8, 4) is 0 Å². The molecule has 0 aromatic rings. The molecule has 0 radical (unpaired) electrons. The standard InChI is InChI=1S/C12H22O4.Na.H/c1-2-3-4-5-6-7-8-10(12(15)16)9-11(13)14;;/h10H,2-9H2,1H3,(H,13,14)(H,15,16);;/q;+1;-1. The maximum atomic E-state index is 10.7. The maximum absolute atomic E-state index is 10.7. The average molecular weight is 254 g/mol. The van der Waals surface area contributed by atoms with Crippen molar-refractivity contribution in [3.05, 3.63) is 0 Å². The Hall–Kier alpha value is -0.0600. The molecule has 0 aromatic heterocycles. The molecule has 0 aromatic carbocycles. The van der Waals surface area contributed by atoms with E-state index in [0.717, 1.165) is 19.3 Å². The molecule has 4 nitrogen and oxygen atoms in total. The zero-order valence-electron chi connectivity index (χ0n) is 11.9. The maximum Gasteiger partial charge on any atom is 1.00 e. The molecule has 1 unspecified atom stereocenters. The molecule has 1 atom stereocenters. The van der Waals surface area contributed by atoms with Gasteiger partial charge in [0.2, 0.25) is 0 Å². The molecule has 0 aliphatic carbocycles. The quantitative estimate of drug-likeness (QED) is 0.426. The van der Waals surface area contributed by atoms with Crippen LogP contribution < -0.4 is 29.6 Å². The number of aliphatic carboxylic acids is 2. The van der Waals surface area contributed by atoms with Crippen LogP contribution >= 0.6 is 0 Å². The van der Waals surface area contributed by atoms with E-state index in [2.05, 4.69) is 6.92 Å². The molecule has 17 heavy (non-hydrogen) atoms. The first-order valence-corrected chi connectivity index (χ1v) is 6.02. The van der Waals surface area contributed by atoms with Crippen LogP contribution in [0.2, 0.25) is 0 Å². The number of carbonyl (C=O) groups is 2. The van der Waals surface area contributed by atoms with E-state index in [0.29, 0.717) is 6.42 Å². The third kappa shape index (κ3) is 12.2. The molecule has 0 spiro atoms. The minimum absolute atomic E-state index is 0. The summed E-state index contributed by atoms with van der Waals surface area (Å²) < 4.78 is 0. The van der Waals surface area contributed by atoms with Crippen molar-refractivity contribution in [1.29, 1.82) is 0 Å². The van der Waals surface area contributed by atoms with Crippen molar-refractivity contribution in [2.45, 2.75) is 58.3 Å². The summed E-state index contributed by atoms with van der Waals surface area (Å²) in [6.45, 7) is 2.15. The van der Waals surface area contributed by atoms with Crippen molar-refractivity contribution >= 4 is 11.9 Å². The third-order valence-corrected chi connectivity index (χ3v) is 2.68. The summed E-state index contributed by atoms with van der Waals surface area (Å²) >= 11 is 0. The van der Waals surface area contributed by atoms with Gasteiger partial charge in [0.15, 0.2) is 0 Å². The largest absolute Gasteiger partial charge is 1.00 e. The van der Waals surface area contributed by atoms with Gasteiger partial charge in [0.25, 0.3) is 0 Å². The predicted octanol–water partition coefficient (Wildman–Crippen LogP) is 0.0290. The molecule has 0 bridgehead atoms. The second-order valence-electron chi connectivity index (χ2n) is 4.19. The summed E-state index contributed by atoms with van der Waals surface area (Å²) in [5.41, 5.74) is 0. The topological polar surface area (TPSA) is 74.6 Å². The Labute approximate surface area is 127 Å². The molecule has 0 aliphatic rings. The number of rotatable bonds is 10. The SMILES string of the molecule is CCCCCCCCC(CC(=O)O)C(=O)O.[H-].[Na+]. The first kappa shape index (κ1) is 19.3. The van der Waals surface area contributed by atoms with E-state index in [-0.39, 0.29) is 37.4 Å². The number of hydrogen-bond acceptors (Lipinski definition) is 2. The summed E-state index contributed by atoms with van der Waals surface area (Å²) in [5, 5.41) is 17.3. The van der Waals surface area contributed by atoms with Crippen molar-refractivity contribution in [1.82, 2.24) is 0 Å². The molecule has 0 amide bonds. The molecule has 96 valence electrons. The molecule has 2 N–H and O–H groups in total. The van der Waals surface area contributed by atoms with E-state index in [1.807, 2.05) is 0 Å². The van der Waals surface area contributed by atoms with Gasteiger partial charge >= 0.3 is 41.5 Å². The van der Waals surface area contributed by atoms with Gasteiger partial charge in [-0.2, -0.15) is 0 Å². The van der Waals surface area contributed by atoms with E-state index >= 15 is 0 Å². The summed E-state index contributed by atoms with van der Waals surface area (Å²) in [7, 11) is 0. The summed E-state index contributed by atoms with van der Waals surface area (Å²) in [5.74, 6) is -2.74. The van der Waals surface area contributed by atoms with Gasteiger partial charge in [0, 0.05) is 0 Å². The van der Waals surface area contributed by atoms with E-state index in [4.69, 9.17) is 10.2 Å². The Morgan fingerprint density at radius 2 is 1.59 bits per heavy atom. The van der Waals surface area contributed by atoms with Gasteiger partial charge in [-0.15, -0.1) is 0 Å². The minimum Gasteiger partial charge on any atom is -1.00 e. The Bertz CT molecular complexity index is 224. The van der Waals surface area contributed by atoms with Gasteiger partial charge in [-0.1, -0.05) is 45.4 Å². The smallest absolute Gasteiger partial charge is 1.00 e. The molecule has 0 rings (SSSR count). The Morgan fingerprint density at radius 1 is 1.06 bits per heavy atom. The van der Waals surface area contributed by atoms with Gasteiger partial charge in [-0.05, 0) is 6.42 Å². The van der Waals surface area contributed by atoms with E-state index < -0.39 is 17.9 Å². The fraction of sp³-hybridized carbons (Fsp3) is 0.833. The normalized spacial score (nSPS) is 11.6. The minimum atomic E-state index is -1.03. The Kier molecular flexibility index (Phi) is 14.1. The number of carboxylic acid groups (broad SMARTS) is 2. The van der Waals surface area contributed by atoms with Crippen molar-refractivity contribution < 1.29 is 50.8 Å². The van der Waals surface area contributed by atoms with Crippen LogP contribution in [0, 0.1) is 5.92 Å². The van der Waals surface area contributed by atoms with Crippen LogP contribution in [0.1, 0.15) is 59.7 Å². The summed E-state index contributed by atoms with van der Waals surface area (Å²) in [4.78, 5) is 21.2. The molecule has 0 saturated heterocycles. The van der Waals surface area contributed by atoms with E-state index in [1.165, 1.54) is 19.3 Å². The fourth-order valence-corrected chi connectivity index (χ4v) is 1.69. The molecule has 0 fully saturated rings. The number of hydrogen-bond donors (Lipinski definition) is 2. The molecule has 0 aliphatic heterocycles. The second-order valence-corrected chi connectivity index (χ2v) is 4.19. The van der Waals surface area contributed by atoms with Crippen LogP contribution in [0.4, 0.5) is 0 Å². The number of carboxylic acids is 2. The Balaban J connectivity index is -0.00000112. The summed E-state index contributed by atoms with van der Waals surface area (Å²) in [6.07, 6.45) is 6.75. The summed E-state index contributed by atoms with van der Waals surface area (Å²) in [6, 6.07) is 0. The monoisotopic (exact) mass is 254 g/mol. The van der Waals surface area contributed by atoms with Crippen LogP contribution in [-0.4, -0.2) is 22.2 Å². The second kappa shape index (κ2) is 12.4. The zero-order chi connectivity index (χ0) is 12.4. The molecular weight excluding hydrogens is 231 g/mol. The average Bonchev–Trinajstić information content (AvgIpc) is 2.20. The van der Waals surface area contributed by atoms with Gasteiger partial charge in [0.05, 0.1) is 12.3 Å². The van der Waals surface area contributed by atoms with Gasteiger partial charge in [-0.25, -0.2) is 0 Å².